The zero-order chi connectivity index (χ0) is 9.84. The molecule has 0 radical (unpaired) electrons. The first-order valence-electron chi connectivity index (χ1n) is 4.56. The molecule has 1 aromatic carbocycles. The molecule has 0 bridgehead atoms. The van der Waals surface area contributed by atoms with E-state index in [-0.39, 0.29) is 20.6 Å². The molecule has 0 saturated carbocycles. The number of hydrogen-bond acceptors (Lipinski definition) is 2. The zero-order valence-corrected chi connectivity index (χ0v) is 8.37. The average molecular weight is 212 g/mol. The summed E-state index contributed by atoms with van der Waals surface area (Å²) in [6.07, 6.45) is 1.09. The standard InChI is InChI=1S/C11H16O2.2CH4/c1-4-8(2)9-5-6-10(12)11(7-9)13-3;;/h5-8,12H,4H2,1-3H3;2*1H4. The highest BCUT2D eigenvalue weighted by molar-refractivity contribution is 5.42. The molecular formula is C13H24O2. The van der Waals surface area contributed by atoms with Gasteiger partial charge in [0.15, 0.2) is 11.5 Å². The van der Waals surface area contributed by atoms with Crippen molar-refractivity contribution in [3.63, 3.8) is 0 Å². The van der Waals surface area contributed by atoms with Gasteiger partial charge in [0.2, 0.25) is 0 Å². The molecule has 1 N–H and O–H groups in total. The third kappa shape index (κ3) is 3.82. The van der Waals surface area contributed by atoms with Crippen LogP contribution >= 0.6 is 0 Å². The van der Waals surface area contributed by atoms with Crippen LogP contribution in [-0.4, -0.2) is 12.2 Å². The van der Waals surface area contributed by atoms with Crippen molar-refractivity contribution in [2.75, 3.05) is 7.11 Å². The van der Waals surface area contributed by atoms with Gasteiger partial charge in [-0.05, 0) is 30.0 Å². The third-order valence-corrected chi connectivity index (χ3v) is 2.39. The van der Waals surface area contributed by atoms with Crippen LogP contribution in [0.25, 0.3) is 0 Å². The molecule has 0 aliphatic rings. The number of phenols is 1. The Kier molecular flexibility index (Phi) is 7.76. The SMILES string of the molecule is C.C.CCC(C)c1ccc(O)c(OC)c1. The lowest BCUT2D eigenvalue weighted by Gasteiger charge is -2.11. The minimum atomic E-state index is 0. The van der Waals surface area contributed by atoms with Crippen LogP contribution in [0.4, 0.5) is 0 Å². The Balaban J connectivity index is 0. The van der Waals surface area contributed by atoms with E-state index in [1.165, 1.54) is 5.56 Å². The van der Waals surface area contributed by atoms with E-state index in [2.05, 4.69) is 13.8 Å². The maximum absolute atomic E-state index is 9.36. The summed E-state index contributed by atoms with van der Waals surface area (Å²) in [6, 6.07) is 5.51. The fourth-order valence-electron chi connectivity index (χ4n) is 1.24. The maximum atomic E-state index is 9.36. The number of benzene rings is 1. The molecule has 1 atom stereocenters. The molecule has 0 saturated heterocycles. The van der Waals surface area contributed by atoms with Crippen LogP contribution in [0.15, 0.2) is 18.2 Å². The summed E-state index contributed by atoms with van der Waals surface area (Å²) < 4.78 is 5.03. The molecule has 0 fully saturated rings. The van der Waals surface area contributed by atoms with E-state index >= 15 is 0 Å². The van der Waals surface area contributed by atoms with Gasteiger partial charge < -0.3 is 9.84 Å². The van der Waals surface area contributed by atoms with E-state index in [0.717, 1.165) is 6.42 Å². The van der Waals surface area contributed by atoms with Crippen molar-refractivity contribution in [3.8, 4) is 11.5 Å². The van der Waals surface area contributed by atoms with Crippen molar-refractivity contribution in [2.45, 2.75) is 41.0 Å². The Morgan fingerprint density at radius 2 is 1.93 bits per heavy atom. The van der Waals surface area contributed by atoms with E-state index in [1.54, 1.807) is 13.2 Å². The third-order valence-electron chi connectivity index (χ3n) is 2.39. The van der Waals surface area contributed by atoms with Gasteiger partial charge in [0.25, 0.3) is 0 Å². The Morgan fingerprint density at radius 1 is 1.33 bits per heavy atom. The summed E-state index contributed by atoms with van der Waals surface area (Å²) in [6.45, 7) is 4.30. The van der Waals surface area contributed by atoms with Gasteiger partial charge in [0.05, 0.1) is 7.11 Å². The average Bonchev–Trinajstić information content (AvgIpc) is 2.17. The molecule has 0 heterocycles. The van der Waals surface area contributed by atoms with E-state index in [9.17, 15) is 5.11 Å². The Hall–Kier alpha value is -1.18. The molecule has 0 aliphatic carbocycles. The molecule has 15 heavy (non-hydrogen) atoms. The smallest absolute Gasteiger partial charge is 0.160 e. The van der Waals surface area contributed by atoms with Gasteiger partial charge in [-0.25, -0.2) is 0 Å². The zero-order valence-electron chi connectivity index (χ0n) is 8.37. The summed E-state index contributed by atoms with van der Waals surface area (Å²) in [4.78, 5) is 0. The lowest BCUT2D eigenvalue weighted by Crippen LogP contribution is -1.92. The minimum absolute atomic E-state index is 0. The highest BCUT2D eigenvalue weighted by Crippen LogP contribution is 2.30. The van der Waals surface area contributed by atoms with Crippen LogP contribution in [-0.2, 0) is 0 Å². The highest BCUT2D eigenvalue weighted by atomic mass is 16.5. The van der Waals surface area contributed by atoms with E-state index < -0.39 is 0 Å². The van der Waals surface area contributed by atoms with Crippen molar-refractivity contribution in [1.82, 2.24) is 0 Å². The number of hydrogen-bond donors (Lipinski definition) is 1. The fraction of sp³-hybridized carbons (Fsp3) is 0.538. The van der Waals surface area contributed by atoms with Crippen molar-refractivity contribution in [2.24, 2.45) is 0 Å². The van der Waals surface area contributed by atoms with Crippen LogP contribution in [0.5, 0.6) is 11.5 Å². The van der Waals surface area contributed by atoms with Crippen molar-refractivity contribution < 1.29 is 9.84 Å². The Labute approximate surface area is 93.9 Å². The first kappa shape index (κ1) is 16.3. The largest absolute Gasteiger partial charge is 0.504 e. The number of ether oxygens (including phenoxy) is 1. The summed E-state index contributed by atoms with van der Waals surface area (Å²) in [7, 11) is 1.56. The quantitative estimate of drug-likeness (QED) is 0.814. The lowest BCUT2D eigenvalue weighted by molar-refractivity contribution is 0.372. The number of phenolic OH excluding ortho intramolecular Hbond substituents is 1. The summed E-state index contributed by atoms with van der Waals surface area (Å²) in [5, 5.41) is 9.36. The molecule has 0 aromatic heterocycles. The highest BCUT2D eigenvalue weighted by Gasteiger charge is 2.06. The van der Waals surface area contributed by atoms with E-state index in [0.29, 0.717) is 11.7 Å². The molecule has 2 nitrogen and oxygen atoms in total. The van der Waals surface area contributed by atoms with Crippen LogP contribution in [0.1, 0.15) is 46.6 Å². The second-order valence-electron chi connectivity index (χ2n) is 3.24. The van der Waals surface area contributed by atoms with Gasteiger partial charge in [-0.1, -0.05) is 34.8 Å². The molecule has 0 spiro atoms. The summed E-state index contributed by atoms with van der Waals surface area (Å²) in [5.74, 6) is 1.27. The van der Waals surface area contributed by atoms with Gasteiger partial charge in [0, 0.05) is 0 Å². The fourth-order valence-corrected chi connectivity index (χ4v) is 1.24. The molecule has 0 aliphatic heterocycles. The van der Waals surface area contributed by atoms with Crippen molar-refractivity contribution >= 4 is 0 Å². The normalized spacial score (nSPS) is 10.9. The molecule has 1 rings (SSSR count). The summed E-state index contributed by atoms with van der Waals surface area (Å²) >= 11 is 0. The van der Waals surface area contributed by atoms with Gasteiger partial charge >= 0.3 is 0 Å². The molecule has 1 aromatic rings. The first-order chi connectivity index (χ1) is 6.19. The molecular weight excluding hydrogens is 188 g/mol. The predicted molar refractivity (Wildman–Crippen MR) is 66.8 cm³/mol. The second kappa shape index (κ2) is 7.16. The topological polar surface area (TPSA) is 29.5 Å². The van der Waals surface area contributed by atoms with Crippen LogP contribution in [0, 0.1) is 0 Å². The molecule has 2 heteroatoms. The monoisotopic (exact) mass is 212 g/mol. The van der Waals surface area contributed by atoms with Crippen LogP contribution in [0.2, 0.25) is 0 Å². The number of rotatable bonds is 3. The van der Waals surface area contributed by atoms with E-state index in [1.807, 2.05) is 12.1 Å². The summed E-state index contributed by atoms with van der Waals surface area (Å²) in [5.41, 5.74) is 1.21. The predicted octanol–water partition coefficient (Wildman–Crippen LogP) is 4.19. The Bertz CT molecular complexity index is 282. The van der Waals surface area contributed by atoms with Crippen molar-refractivity contribution in [1.29, 1.82) is 0 Å². The molecule has 88 valence electrons. The van der Waals surface area contributed by atoms with Gasteiger partial charge in [-0.3, -0.25) is 0 Å². The van der Waals surface area contributed by atoms with Gasteiger partial charge in [-0.15, -0.1) is 0 Å². The first-order valence-corrected chi connectivity index (χ1v) is 4.56. The Morgan fingerprint density at radius 3 is 2.40 bits per heavy atom. The molecule has 1 unspecified atom stereocenters. The number of aromatic hydroxyl groups is 1. The molecule has 0 amide bonds. The van der Waals surface area contributed by atoms with Gasteiger partial charge in [0.1, 0.15) is 0 Å². The van der Waals surface area contributed by atoms with Crippen molar-refractivity contribution in [3.05, 3.63) is 23.8 Å². The number of methoxy groups -OCH3 is 1. The minimum Gasteiger partial charge on any atom is -0.504 e. The maximum Gasteiger partial charge on any atom is 0.160 e. The van der Waals surface area contributed by atoms with Gasteiger partial charge in [-0.2, -0.15) is 0 Å². The lowest BCUT2D eigenvalue weighted by atomic mass is 9.98. The van der Waals surface area contributed by atoms with Crippen LogP contribution < -0.4 is 4.74 Å². The van der Waals surface area contributed by atoms with Crippen LogP contribution in [0.3, 0.4) is 0 Å². The van der Waals surface area contributed by atoms with E-state index in [4.69, 9.17) is 4.74 Å². The second-order valence-corrected chi connectivity index (χ2v) is 3.24.